The van der Waals surface area contributed by atoms with E-state index in [-0.39, 0.29) is 0 Å². The van der Waals surface area contributed by atoms with E-state index in [1.54, 1.807) is 6.07 Å². The average molecular weight is 285 g/mol. The fourth-order valence-corrected chi connectivity index (χ4v) is 2.52. The van der Waals surface area contributed by atoms with Crippen molar-refractivity contribution < 1.29 is 13.2 Å². The second-order valence-corrected chi connectivity index (χ2v) is 5.64. The van der Waals surface area contributed by atoms with Crippen molar-refractivity contribution in [2.45, 2.75) is 20.0 Å². The molecule has 0 unspecified atom stereocenters. The fourth-order valence-electron chi connectivity index (χ4n) is 2.52. The van der Waals surface area contributed by atoms with Gasteiger partial charge < -0.3 is 4.90 Å². The highest BCUT2D eigenvalue weighted by atomic mass is 19.4. The van der Waals surface area contributed by atoms with Crippen LogP contribution in [0, 0.1) is 12.0 Å². The van der Waals surface area contributed by atoms with E-state index in [1.807, 2.05) is 4.90 Å². The molecule has 1 radical (unpaired) electrons. The van der Waals surface area contributed by atoms with Gasteiger partial charge in [-0.2, -0.15) is 13.2 Å². The Hall–Kier alpha value is -1.23. The van der Waals surface area contributed by atoms with Crippen LogP contribution in [0.15, 0.2) is 18.2 Å². The molecule has 2 nitrogen and oxygen atoms in total. The van der Waals surface area contributed by atoms with Gasteiger partial charge in [0, 0.05) is 38.4 Å². The predicted molar refractivity (Wildman–Crippen MR) is 73.8 cm³/mol. The third kappa shape index (κ3) is 3.88. The molecule has 0 aromatic heterocycles. The third-order valence-corrected chi connectivity index (χ3v) is 3.45. The van der Waals surface area contributed by atoms with Gasteiger partial charge in [-0.3, -0.25) is 4.90 Å². The number of halogens is 3. The van der Waals surface area contributed by atoms with Crippen molar-refractivity contribution in [3.63, 3.8) is 0 Å². The molecule has 0 spiro atoms. The molecule has 111 valence electrons. The van der Waals surface area contributed by atoms with Crippen LogP contribution in [0.3, 0.4) is 0 Å². The number of hydrogen-bond donors (Lipinski definition) is 0. The first-order valence-corrected chi connectivity index (χ1v) is 6.92. The Morgan fingerprint density at radius 3 is 2.40 bits per heavy atom. The molecule has 2 rings (SSSR count). The van der Waals surface area contributed by atoms with E-state index >= 15 is 0 Å². The zero-order valence-corrected chi connectivity index (χ0v) is 11.9. The number of rotatable bonds is 3. The molecule has 0 bridgehead atoms. The zero-order valence-electron chi connectivity index (χ0n) is 11.9. The predicted octanol–water partition coefficient (Wildman–Crippen LogP) is 3.28. The number of piperazine rings is 1. The molecule has 1 aromatic carbocycles. The van der Waals surface area contributed by atoms with Crippen molar-refractivity contribution in [3.8, 4) is 0 Å². The zero-order chi connectivity index (χ0) is 14.8. The van der Waals surface area contributed by atoms with Crippen LogP contribution >= 0.6 is 0 Å². The van der Waals surface area contributed by atoms with Gasteiger partial charge in [-0.25, -0.2) is 0 Å². The molecule has 20 heavy (non-hydrogen) atoms. The van der Waals surface area contributed by atoms with Gasteiger partial charge in [-0.05, 0) is 24.1 Å². The van der Waals surface area contributed by atoms with Crippen LogP contribution in [-0.2, 0) is 6.18 Å². The molecule has 1 aromatic rings. The lowest BCUT2D eigenvalue weighted by Gasteiger charge is -2.37. The minimum absolute atomic E-state index is 0.615. The van der Waals surface area contributed by atoms with Crippen molar-refractivity contribution >= 4 is 5.69 Å². The second kappa shape index (κ2) is 6.04. The Kier molecular flexibility index (Phi) is 4.58. The third-order valence-electron chi connectivity index (χ3n) is 3.45. The summed E-state index contributed by atoms with van der Waals surface area (Å²) in [6.45, 7) is 8.74. The van der Waals surface area contributed by atoms with Gasteiger partial charge >= 0.3 is 6.18 Å². The highest BCUT2D eigenvalue weighted by Gasteiger charge is 2.31. The molecule has 1 aliphatic heterocycles. The summed E-state index contributed by atoms with van der Waals surface area (Å²) in [6.07, 6.45) is -4.32. The molecular formula is C15H20F3N2. The van der Waals surface area contributed by atoms with Crippen LogP contribution < -0.4 is 4.90 Å². The van der Waals surface area contributed by atoms with E-state index in [2.05, 4.69) is 24.8 Å². The number of anilines is 1. The Labute approximate surface area is 118 Å². The van der Waals surface area contributed by atoms with E-state index in [0.29, 0.717) is 11.6 Å². The normalized spacial score (nSPS) is 17.8. The van der Waals surface area contributed by atoms with Crippen molar-refractivity contribution in [1.82, 2.24) is 4.90 Å². The minimum Gasteiger partial charge on any atom is -0.369 e. The molecule has 1 heterocycles. The highest BCUT2D eigenvalue weighted by Crippen LogP contribution is 2.31. The van der Waals surface area contributed by atoms with Gasteiger partial charge in [0.2, 0.25) is 0 Å². The number of hydrogen-bond acceptors (Lipinski definition) is 2. The van der Waals surface area contributed by atoms with Crippen LogP contribution in [0.25, 0.3) is 0 Å². The molecule has 0 amide bonds. The largest absolute Gasteiger partial charge is 0.417 e. The SMILES string of the molecule is CC(C)CN1CCN(c2cc[c]c(C(F)(F)F)c2)CC1. The van der Waals surface area contributed by atoms with E-state index < -0.39 is 11.7 Å². The summed E-state index contributed by atoms with van der Waals surface area (Å²) in [5.41, 5.74) is -0.0557. The van der Waals surface area contributed by atoms with Crippen LogP contribution in [0.5, 0.6) is 0 Å². The molecular weight excluding hydrogens is 265 g/mol. The topological polar surface area (TPSA) is 6.48 Å². The molecule has 0 aliphatic carbocycles. The highest BCUT2D eigenvalue weighted by molar-refractivity contribution is 5.49. The first-order valence-electron chi connectivity index (χ1n) is 6.92. The van der Waals surface area contributed by atoms with Crippen LogP contribution in [0.2, 0.25) is 0 Å². The maximum Gasteiger partial charge on any atom is 0.417 e. The lowest BCUT2D eigenvalue weighted by atomic mass is 10.1. The lowest BCUT2D eigenvalue weighted by molar-refractivity contribution is -0.137. The van der Waals surface area contributed by atoms with Gasteiger partial charge in [0.25, 0.3) is 0 Å². The quantitative estimate of drug-likeness (QED) is 0.841. The maximum absolute atomic E-state index is 12.7. The maximum atomic E-state index is 12.7. The summed E-state index contributed by atoms with van der Waals surface area (Å²) < 4.78 is 38.0. The van der Waals surface area contributed by atoms with Crippen molar-refractivity contribution in [3.05, 3.63) is 29.8 Å². The summed E-state index contributed by atoms with van der Waals surface area (Å²) in [6, 6.07) is 6.51. The molecule has 1 saturated heterocycles. The van der Waals surface area contributed by atoms with E-state index in [1.165, 1.54) is 12.1 Å². The van der Waals surface area contributed by atoms with Crippen molar-refractivity contribution in [2.75, 3.05) is 37.6 Å². The molecule has 0 N–H and O–H groups in total. The smallest absolute Gasteiger partial charge is 0.369 e. The molecule has 0 atom stereocenters. The Morgan fingerprint density at radius 1 is 1.20 bits per heavy atom. The summed E-state index contributed by atoms with van der Waals surface area (Å²) in [7, 11) is 0. The van der Waals surface area contributed by atoms with Crippen LogP contribution in [-0.4, -0.2) is 37.6 Å². The van der Waals surface area contributed by atoms with Crippen LogP contribution in [0.4, 0.5) is 18.9 Å². The van der Waals surface area contributed by atoms with Crippen molar-refractivity contribution in [1.29, 1.82) is 0 Å². The van der Waals surface area contributed by atoms with Gasteiger partial charge in [0.1, 0.15) is 0 Å². The number of nitrogens with zero attached hydrogens (tertiary/aromatic N) is 2. The lowest BCUT2D eigenvalue weighted by Crippen LogP contribution is -2.47. The number of alkyl halides is 3. The number of benzene rings is 1. The van der Waals surface area contributed by atoms with Crippen LogP contribution in [0.1, 0.15) is 19.4 Å². The Balaban J connectivity index is 2.00. The van der Waals surface area contributed by atoms with Gasteiger partial charge in [-0.15, -0.1) is 0 Å². The fraction of sp³-hybridized carbons (Fsp3) is 0.600. The first kappa shape index (κ1) is 15.2. The summed E-state index contributed by atoms with van der Waals surface area (Å²) in [4.78, 5) is 4.38. The Bertz CT molecular complexity index is 435. The molecule has 0 saturated carbocycles. The second-order valence-electron chi connectivity index (χ2n) is 5.64. The molecule has 1 aliphatic rings. The summed E-state index contributed by atoms with van der Waals surface area (Å²) in [5.74, 6) is 0.615. The molecule has 1 fully saturated rings. The van der Waals surface area contributed by atoms with Gasteiger partial charge in [0.15, 0.2) is 0 Å². The first-order chi connectivity index (χ1) is 9.36. The summed E-state index contributed by atoms with van der Waals surface area (Å²) >= 11 is 0. The minimum atomic E-state index is -4.32. The monoisotopic (exact) mass is 285 g/mol. The van der Waals surface area contributed by atoms with Gasteiger partial charge in [-0.1, -0.05) is 19.9 Å². The summed E-state index contributed by atoms with van der Waals surface area (Å²) in [5, 5.41) is 0. The standard InChI is InChI=1S/C15H20F3N2/c1-12(2)11-19-6-8-20(9-7-19)14-5-3-4-13(10-14)15(16,17)18/h3,5,10,12H,6-9,11H2,1-2H3. The average Bonchev–Trinajstić information content (AvgIpc) is 2.38. The van der Waals surface area contributed by atoms with E-state index in [0.717, 1.165) is 32.7 Å². The van der Waals surface area contributed by atoms with Crippen molar-refractivity contribution in [2.24, 2.45) is 5.92 Å². The van der Waals surface area contributed by atoms with E-state index in [9.17, 15) is 13.2 Å². The van der Waals surface area contributed by atoms with Gasteiger partial charge in [0.05, 0.1) is 5.56 Å². The van der Waals surface area contributed by atoms with E-state index in [4.69, 9.17) is 0 Å². The molecule has 5 heteroatoms. The Morgan fingerprint density at radius 2 is 1.85 bits per heavy atom.